The number of hydrogen-bond acceptors (Lipinski definition) is 4. The lowest BCUT2D eigenvalue weighted by Gasteiger charge is -2.34. The number of nitrogens with one attached hydrogen (secondary N) is 2. The monoisotopic (exact) mass is 575 g/mol. The topological polar surface area (TPSA) is 87.7 Å². The van der Waals surface area contributed by atoms with Gasteiger partial charge in [0.1, 0.15) is 17.7 Å². The van der Waals surface area contributed by atoms with Gasteiger partial charge < -0.3 is 20.3 Å². The molecule has 7 heteroatoms. The summed E-state index contributed by atoms with van der Waals surface area (Å²) in [5, 5.41) is 7.79. The molecule has 0 heterocycles. The van der Waals surface area contributed by atoms with Gasteiger partial charge in [-0.15, -0.1) is 6.42 Å². The average molecular weight is 576 g/mol. The van der Waals surface area contributed by atoms with Crippen molar-refractivity contribution in [3.05, 3.63) is 114 Å². The summed E-state index contributed by atoms with van der Waals surface area (Å²) in [4.78, 5) is 42.7. The zero-order chi connectivity index (χ0) is 31.0. The molecular weight excluding hydrogens is 538 g/mol. The van der Waals surface area contributed by atoms with Gasteiger partial charge in [-0.1, -0.05) is 78.7 Å². The lowest BCUT2D eigenvalue weighted by molar-refractivity contribution is -0.140. The van der Waals surface area contributed by atoms with Crippen LogP contribution in [0.4, 0.5) is 10.5 Å². The first-order chi connectivity index (χ1) is 20.6. The van der Waals surface area contributed by atoms with Crippen LogP contribution in [-0.2, 0) is 20.7 Å². The second-order valence-electron chi connectivity index (χ2n) is 11.2. The molecule has 0 aliphatic heterocycles. The van der Waals surface area contributed by atoms with Crippen LogP contribution in [0.5, 0.6) is 0 Å². The van der Waals surface area contributed by atoms with Crippen molar-refractivity contribution >= 4 is 34.4 Å². The van der Waals surface area contributed by atoms with Gasteiger partial charge >= 0.3 is 6.09 Å². The van der Waals surface area contributed by atoms with Gasteiger partial charge in [0, 0.05) is 24.2 Å². The molecule has 0 aromatic heterocycles. The lowest BCUT2D eigenvalue weighted by Crippen LogP contribution is -2.53. The van der Waals surface area contributed by atoms with Crippen molar-refractivity contribution in [2.45, 2.75) is 51.8 Å². The van der Waals surface area contributed by atoms with Crippen LogP contribution >= 0.6 is 0 Å². The van der Waals surface area contributed by atoms with Crippen molar-refractivity contribution in [1.82, 2.24) is 10.2 Å². The molecule has 0 aliphatic carbocycles. The minimum absolute atomic E-state index is 0.201. The van der Waals surface area contributed by atoms with Crippen LogP contribution in [0.1, 0.15) is 50.4 Å². The van der Waals surface area contributed by atoms with E-state index in [1.807, 2.05) is 72.8 Å². The third kappa shape index (κ3) is 8.23. The fourth-order valence-electron chi connectivity index (χ4n) is 4.88. The van der Waals surface area contributed by atoms with Gasteiger partial charge in [0.05, 0.1) is 0 Å². The first kappa shape index (κ1) is 30.9. The highest BCUT2D eigenvalue weighted by molar-refractivity contribution is 6.00. The fraction of sp³-hybridized carbons (Fsp3) is 0.250. The molecule has 0 radical (unpaired) electrons. The summed E-state index contributed by atoms with van der Waals surface area (Å²) in [6.07, 6.45) is 5.07. The molecule has 2 unspecified atom stereocenters. The van der Waals surface area contributed by atoms with Crippen LogP contribution in [-0.4, -0.2) is 41.0 Å². The number of carbonyl (C=O) groups excluding carboxylic acids is 3. The average Bonchev–Trinajstić information content (AvgIpc) is 2.98. The highest BCUT2D eigenvalue weighted by Gasteiger charge is 2.35. The Labute approximate surface area is 253 Å². The molecule has 4 aromatic rings. The number of hydrogen-bond donors (Lipinski definition) is 2. The maximum Gasteiger partial charge on any atom is 0.408 e. The van der Waals surface area contributed by atoms with Gasteiger partial charge in [-0.05, 0) is 73.9 Å². The van der Waals surface area contributed by atoms with Gasteiger partial charge in [-0.3, -0.25) is 9.59 Å². The standard InChI is InChI=1S/C36H37N3O4/c1-6-25-17-19-28(20-18-25)32(33(40)37-30-22-21-27-15-11-12-16-29(27)24-30)39(7-2)34(41)31(23-26-13-9-8-10-14-26)38-35(42)43-36(3,4)5/h1,8-22,24,31-32H,7,23H2,2-5H3,(H,37,40)(H,38,42). The van der Waals surface area contributed by atoms with E-state index in [0.29, 0.717) is 16.8 Å². The van der Waals surface area contributed by atoms with E-state index >= 15 is 0 Å². The Balaban J connectivity index is 1.70. The molecule has 2 atom stereocenters. The normalized spacial score (nSPS) is 12.4. The molecule has 3 amide bonds. The number of carbonyl (C=O) groups is 3. The molecule has 0 saturated heterocycles. The third-order valence-corrected chi connectivity index (χ3v) is 6.87. The molecule has 0 aliphatic rings. The number of amides is 3. The first-order valence-electron chi connectivity index (χ1n) is 14.3. The van der Waals surface area contributed by atoms with Gasteiger partial charge in [0.25, 0.3) is 5.91 Å². The molecule has 43 heavy (non-hydrogen) atoms. The van der Waals surface area contributed by atoms with E-state index in [1.165, 1.54) is 4.90 Å². The molecule has 0 spiro atoms. The number of benzene rings is 4. The summed E-state index contributed by atoms with van der Waals surface area (Å²) >= 11 is 0. The number of likely N-dealkylation sites (N-methyl/N-ethyl adjacent to an activating group) is 1. The maximum atomic E-state index is 14.3. The Morgan fingerprint density at radius 2 is 1.53 bits per heavy atom. The molecule has 0 saturated carbocycles. The highest BCUT2D eigenvalue weighted by Crippen LogP contribution is 2.26. The largest absolute Gasteiger partial charge is 0.444 e. The molecule has 220 valence electrons. The Bertz CT molecular complexity index is 1620. The van der Waals surface area contributed by atoms with Gasteiger partial charge in [-0.2, -0.15) is 0 Å². The van der Waals surface area contributed by atoms with E-state index < -0.39 is 35.6 Å². The summed E-state index contributed by atoms with van der Waals surface area (Å²) < 4.78 is 5.48. The third-order valence-electron chi connectivity index (χ3n) is 6.87. The van der Waals surface area contributed by atoms with Gasteiger partial charge in [0.15, 0.2) is 0 Å². The van der Waals surface area contributed by atoms with Crippen LogP contribution in [0.3, 0.4) is 0 Å². The van der Waals surface area contributed by atoms with Gasteiger partial charge in [-0.25, -0.2) is 4.79 Å². The number of alkyl carbamates (subject to hydrolysis) is 1. The van der Waals surface area contributed by atoms with E-state index in [1.54, 1.807) is 52.0 Å². The van der Waals surface area contributed by atoms with Crippen LogP contribution in [0.25, 0.3) is 10.8 Å². The number of fused-ring (bicyclic) bond motifs is 1. The summed E-state index contributed by atoms with van der Waals surface area (Å²) in [6, 6.07) is 27.9. The van der Waals surface area contributed by atoms with Crippen molar-refractivity contribution in [1.29, 1.82) is 0 Å². The lowest BCUT2D eigenvalue weighted by atomic mass is 9.99. The van der Waals surface area contributed by atoms with E-state index in [-0.39, 0.29) is 13.0 Å². The number of terminal acetylenes is 1. The molecule has 4 aromatic carbocycles. The van der Waals surface area contributed by atoms with E-state index in [0.717, 1.165) is 16.3 Å². The van der Waals surface area contributed by atoms with E-state index in [4.69, 9.17) is 11.2 Å². The summed E-state index contributed by atoms with van der Waals surface area (Å²) in [7, 11) is 0. The number of ether oxygens (including phenoxy) is 1. The smallest absolute Gasteiger partial charge is 0.408 e. The number of nitrogens with zero attached hydrogens (tertiary/aromatic N) is 1. The van der Waals surface area contributed by atoms with Crippen LogP contribution in [0.15, 0.2) is 97.1 Å². The predicted octanol–water partition coefficient (Wildman–Crippen LogP) is 6.49. The van der Waals surface area contributed by atoms with E-state index in [9.17, 15) is 14.4 Å². The SMILES string of the molecule is C#Cc1ccc(C(C(=O)Nc2ccc3ccccc3c2)N(CC)C(=O)C(Cc2ccccc2)NC(=O)OC(C)(C)C)cc1. The summed E-state index contributed by atoms with van der Waals surface area (Å²) in [6.45, 7) is 7.27. The van der Waals surface area contributed by atoms with Crippen LogP contribution in [0, 0.1) is 12.3 Å². The van der Waals surface area contributed by atoms with Crippen molar-refractivity contribution in [2.24, 2.45) is 0 Å². The zero-order valence-electron chi connectivity index (χ0n) is 25.0. The second kappa shape index (κ2) is 13.7. The Hall–Kier alpha value is -5.09. The fourth-order valence-corrected chi connectivity index (χ4v) is 4.88. The summed E-state index contributed by atoms with van der Waals surface area (Å²) in [5.74, 6) is 1.77. The van der Waals surface area contributed by atoms with E-state index in [2.05, 4.69) is 16.6 Å². The Morgan fingerprint density at radius 3 is 2.16 bits per heavy atom. The minimum atomic E-state index is -1.01. The van der Waals surface area contributed by atoms with Crippen LogP contribution in [0.2, 0.25) is 0 Å². The summed E-state index contributed by atoms with van der Waals surface area (Å²) in [5.41, 5.74) is 1.94. The minimum Gasteiger partial charge on any atom is -0.444 e. The molecule has 0 fully saturated rings. The molecule has 2 N–H and O–H groups in total. The quantitative estimate of drug-likeness (QED) is 0.224. The highest BCUT2D eigenvalue weighted by atomic mass is 16.6. The van der Waals surface area contributed by atoms with Crippen molar-refractivity contribution in [3.63, 3.8) is 0 Å². The Morgan fingerprint density at radius 1 is 0.884 bits per heavy atom. The Kier molecular flexibility index (Phi) is 9.84. The molecule has 7 nitrogen and oxygen atoms in total. The first-order valence-corrected chi connectivity index (χ1v) is 14.3. The number of anilines is 1. The zero-order valence-corrected chi connectivity index (χ0v) is 25.0. The second-order valence-corrected chi connectivity index (χ2v) is 11.2. The molecule has 0 bridgehead atoms. The van der Waals surface area contributed by atoms with Crippen molar-refractivity contribution < 1.29 is 19.1 Å². The van der Waals surface area contributed by atoms with Crippen molar-refractivity contribution in [3.8, 4) is 12.3 Å². The van der Waals surface area contributed by atoms with Crippen LogP contribution < -0.4 is 10.6 Å². The predicted molar refractivity (Wildman–Crippen MR) is 170 cm³/mol. The number of rotatable bonds is 9. The molecule has 4 rings (SSSR count). The maximum absolute atomic E-state index is 14.3. The van der Waals surface area contributed by atoms with Gasteiger partial charge in [0.2, 0.25) is 5.91 Å². The molecular formula is C36H37N3O4. The van der Waals surface area contributed by atoms with Crippen molar-refractivity contribution in [2.75, 3.05) is 11.9 Å².